The maximum Gasteiger partial charge on any atom is 0.189 e. The molecule has 30 heavy (non-hydrogen) atoms. The highest BCUT2D eigenvalue weighted by atomic mass is 127. The van der Waals surface area contributed by atoms with E-state index in [1.165, 1.54) is 0 Å². The van der Waals surface area contributed by atoms with Gasteiger partial charge in [0.15, 0.2) is 17.5 Å². The Morgan fingerprint density at radius 3 is 2.40 bits per heavy atom. The zero-order chi connectivity index (χ0) is 20.6. The standard InChI is InChI=1S/C21H30N6O2.HI/c1-26-8-10-27(11-9-26)20-7-5-17(14-23-20)15-25-21(22)24-13-16-4-6-18(28-2)19(12-16)29-3;/h4-7,12,14H,8-11,13,15H2,1-3H3,(H3,22,24,25);1H. The van der Waals surface area contributed by atoms with Gasteiger partial charge in [-0.15, -0.1) is 24.0 Å². The molecule has 2 aromatic rings. The van der Waals surface area contributed by atoms with Crippen molar-refractivity contribution >= 4 is 35.8 Å². The van der Waals surface area contributed by atoms with Crippen molar-refractivity contribution in [3.63, 3.8) is 0 Å². The van der Waals surface area contributed by atoms with E-state index in [2.05, 4.69) is 44.3 Å². The van der Waals surface area contributed by atoms with Crippen molar-refractivity contribution in [2.75, 3.05) is 52.3 Å². The van der Waals surface area contributed by atoms with E-state index in [0.29, 0.717) is 30.5 Å². The molecule has 0 spiro atoms. The third-order valence-electron chi connectivity index (χ3n) is 4.99. The van der Waals surface area contributed by atoms with Crippen molar-refractivity contribution in [3.05, 3.63) is 47.7 Å². The number of hydrogen-bond acceptors (Lipinski definition) is 6. The second-order valence-electron chi connectivity index (χ2n) is 7.06. The molecule has 1 saturated heterocycles. The number of guanidine groups is 1. The van der Waals surface area contributed by atoms with E-state index in [4.69, 9.17) is 15.2 Å². The van der Waals surface area contributed by atoms with Crippen LogP contribution in [0.15, 0.2) is 41.5 Å². The van der Waals surface area contributed by atoms with Gasteiger partial charge in [-0.3, -0.25) is 0 Å². The molecule has 0 bridgehead atoms. The maximum absolute atomic E-state index is 6.01. The van der Waals surface area contributed by atoms with Gasteiger partial charge in [0.25, 0.3) is 0 Å². The molecule has 9 heteroatoms. The minimum Gasteiger partial charge on any atom is -0.493 e. The van der Waals surface area contributed by atoms with Crippen molar-refractivity contribution in [1.82, 2.24) is 15.2 Å². The van der Waals surface area contributed by atoms with Gasteiger partial charge in [-0.2, -0.15) is 0 Å². The van der Waals surface area contributed by atoms with Crippen LogP contribution in [0.3, 0.4) is 0 Å². The molecular formula is C21H31IN6O2. The van der Waals surface area contributed by atoms with Gasteiger partial charge in [0.2, 0.25) is 0 Å². The third kappa shape index (κ3) is 6.63. The molecule has 8 nitrogen and oxygen atoms in total. The largest absolute Gasteiger partial charge is 0.493 e. The van der Waals surface area contributed by atoms with Crippen LogP contribution in [0.25, 0.3) is 0 Å². The summed E-state index contributed by atoms with van der Waals surface area (Å²) in [6, 6.07) is 9.87. The predicted octanol–water partition coefficient (Wildman–Crippen LogP) is 2.07. The smallest absolute Gasteiger partial charge is 0.189 e. The Bertz CT molecular complexity index is 823. The Balaban J connectivity index is 0.00000320. The molecule has 164 valence electrons. The highest BCUT2D eigenvalue weighted by Crippen LogP contribution is 2.27. The lowest BCUT2D eigenvalue weighted by molar-refractivity contribution is 0.312. The molecule has 2 heterocycles. The van der Waals surface area contributed by atoms with Crippen LogP contribution < -0.4 is 25.4 Å². The number of nitrogens with zero attached hydrogens (tertiary/aromatic N) is 4. The fraction of sp³-hybridized carbons (Fsp3) is 0.429. The zero-order valence-electron chi connectivity index (χ0n) is 17.8. The third-order valence-corrected chi connectivity index (χ3v) is 4.99. The van der Waals surface area contributed by atoms with E-state index in [0.717, 1.165) is 43.1 Å². The SMILES string of the molecule is COc1ccc(CNC(N)=NCc2ccc(N3CCN(C)CC3)nc2)cc1OC.I. The molecular weight excluding hydrogens is 495 g/mol. The van der Waals surface area contributed by atoms with E-state index >= 15 is 0 Å². The summed E-state index contributed by atoms with van der Waals surface area (Å²) in [7, 11) is 5.39. The molecule has 1 aromatic carbocycles. The van der Waals surface area contributed by atoms with Crippen LogP contribution in [0.4, 0.5) is 5.82 Å². The van der Waals surface area contributed by atoms with Crippen molar-refractivity contribution in [2.45, 2.75) is 13.1 Å². The van der Waals surface area contributed by atoms with Gasteiger partial charge >= 0.3 is 0 Å². The summed E-state index contributed by atoms with van der Waals surface area (Å²) in [6.07, 6.45) is 1.87. The van der Waals surface area contributed by atoms with Crippen LogP contribution in [0.2, 0.25) is 0 Å². The van der Waals surface area contributed by atoms with Gasteiger partial charge in [0.1, 0.15) is 5.82 Å². The van der Waals surface area contributed by atoms with Crippen molar-refractivity contribution in [3.8, 4) is 11.5 Å². The molecule has 1 aromatic heterocycles. The highest BCUT2D eigenvalue weighted by molar-refractivity contribution is 14.0. The van der Waals surface area contributed by atoms with E-state index in [9.17, 15) is 0 Å². The normalized spacial score (nSPS) is 14.8. The summed E-state index contributed by atoms with van der Waals surface area (Å²) in [6.45, 7) is 5.19. The quantitative estimate of drug-likeness (QED) is 0.325. The first-order valence-electron chi connectivity index (χ1n) is 9.72. The van der Waals surface area contributed by atoms with Gasteiger partial charge in [-0.25, -0.2) is 9.98 Å². The number of rotatable bonds is 7. The second-order valence-corrected chi connectivity index (χ2v) is 7.06. The zero-order valence-corrected chi connectivity index (χ0v) is 20.1. The Kier molecular flexibility index (Phi) is 9.44. The number of aliphatic imine (C=N–C) groups is 1. The van der Waals surface area contributed by atoms with E-state index in [-0.39, 0.29) is 24.0 Å². The molecule has 0 amide bonds. The van der Waals surface area contributed by atoms with E-state index in [1.807, 2.05) is 24.4 Å². The number of pyridine rings is 1. The molecule has 0 aliphatic carbocycles. The molecule has 0 radical (unpaired) electrons. The topological polar surface area (TPSA) is 88.2 Å². The van der Waals surface area contributed by atoms with E-state index < -0.39 is 0 Å². The number of aromatic nitrogens is 1. The lowest BCUT2D eigenvalue weighted by Crippen LogP contribution is -2.44. The van der Waals surface area contributed by atoms with Crippen LogP contribution >= 0.6 is 24.0 Å². The lowest BCUT2D eigenvalue weighted by atomic mass is 10.2. The van der Waals surface area contributed by atoms with Gasteiger partial charge < -0.3 is 30.3 Å². The van der Waals surface area contributed by atoms with Crippen molar-refractivity contribution < 1.29 is 9.47 Å². The fourth-order valence-electron chi connectivity index (χ4n) is 3.15. The van der Waals surface area contributed by atoms with Gasteiger partial charge in [0.05, 0.1) is 20.8 Å². The number of hydrogen-bond donors (Lipinski definition) is 2. The minimum atomic E-state index is 0. The summed E-state index contributed by atoms with van der Waals surface area (Å²) in [4.78, 5) is 13.6. The van der Waals surface area contributed by atoms with Crippen LogP contribution in [0, 0.1) is 0 Å². The first-order valence-corrected chi connectivity index (χ1v) is 9.72. The highest BCUT2D eigenvalue weighted by Gasteiger charge is 2.14. The first kappa shape index (κ1) is 24.0. The van der Waals surface area contributed by atoms with Crippen LogP contribution in [0.5, 0.6) is 11.5 Å². The fourth-order valence-corrected chi connectivity index (χ4v) is 3.15. The number of methoxy groups -OCH3 is 2. The molecule has 0 saturated carbocycles. The molecule has 1 aliphatic heterocycles. The molecule has 1 fully saturated rings. The van der Waals surface area contributed by atoms with Crippen LogP contribution in [-0.4, -0.2) is 63.3 Å². The number of nitrogens with one attached hydrogen (secondary N) is 1. The van der Waals surface area contributed by atoms with Gasteiger partial charge in [-0.1, -0.05) is 12.1 Å². The number of ether oxygens (including phenoxy) is 2. The summed E-state index contributed by atoms with van der Waals surface area (Å²) >= 11 is 0. The molecule has 3 rings (SSSR count). The number of piperazine rings is 1. The Hall–Kier alpha value is -2.27. The summed E-state index contributed by atoms with van der Waals surface area (Å²) in [5.74, 6) is 2.80. The average Bonchev–Trinajstić information content (AvgIpc) is 2.77. The van der Waals surface area contributed by atoms with Gasteiger partial charge in [-0.05, 0) is 36.4 Å². The van der Waals surface area contributed by atoms with Crippen molar-refractivity contribution in [2.24, 2.45) is 10.7 Å². The summed E-state index contributed by atoms with van der Waals surface area (Å²) < 4.78 is 10.6. The monoisotopic (exact) mass is 526 g/mol. The Morgan fingerprint density at radius 2 is 1.77 bits per heavy atom. The van der Waals surface area contributed by atoms with E-state index in [1.54, 1.807) is 14.2 Å². The summed E-state index contributed by atoms with van der Waals surface area (Å²) in [5, 5.41) is 3.12. The first-order chi connectivity index (χ1) is 14.1. The number of nitrogens with two attached hydrogens (primary N) is 1. The number of likely N-dealkylation sites (N-methyl/N-ethyl adjacent to an activating group) is 1. The average molecular weight is 526 g/mol. The lowest BCUT2D eigenvalue weighted by Gasteiger charge is -2.33. The number of anilines is 1. The van der Waals surface area contributed by atoms with Gasteiger partial charge in [0, 0.05) is 38.9 Å². The predicted molar refractivity (Wildman–Crippen MR) is 131 cm³/mol. The molecule has 0 atom stereocenters. The van der Waals surface area contributed by atoms with Crippen molar-refractivity contribution in [1.29, 1.82) is 0 Å². The number of benzene rings is 1. The number of halogens is 1. The van der Waals surface area contributed by atoms with Crippen LogP contribution in [0.1, 0.15) is 11.1 Å². The van der Waals surface area contributed by atoms with Crippen LogP contribution in [-0.2, 0) is 13.1 Å². The second kappa shape index (κ2) is 11.8. The minimum absolute atomic E-state index is 0. The maximum atomic E-state index is 6.01. The molecule has 1 aliphatic rings. The molecule has 0 unspecified atom stereocenters. The Morgan fingerprint density at radius 1 is 1.07 bits per heavy atom. The summed E-state index contributed by atoms with van der Waals surface area (Å²) in [5.41, 5.74) is 8.06. The Labute approximate surface area is 195 Å². The molecule has 3 N–H and O–H groups in total.